The van der Waals surface area contributed by atoms with Crippen molar-refractivity contribution in [2.24, 2.45) is 5.73 Å². The Morgan fingerprint density at radius 3 is 2.31 bits per heavy atom. The number of ether oxygens (including phenoxy) is 1. The molecule has 0 unspecified atom stereocenters. The van der Waals surface area contributed by atoms with Gasteiger partial charge in [-0.2, -0.15) is 0 Å². The average molecular weight is 210 g/mol. The monoisotopic (exact) mass is 209 g/mol. The van der Waals surface area contributed by atoms with E-state index in [9.17, 15) is 9.59 Å². The molecule has 78 valence electrons. The molecule has 0 heterocycles. The van der Waals surface area contributed by atoms with Crippen LogP contribution >= 0.6 is 12.4 Å². The highest BCUT2D eigenvalue weighted by molar-refractivity contribution is 5.86. The second-order valence-electron chi connectivity index (χ2n) is 2.56. The van der Waals surface area contributed by atoms with Gasteiger partial charge in [0.2, 0.25) is 0 Å². The lowest BCUT2D eigenvalue weighted by Crippen LogP contribution is -2.27. The fraction of sp³-hybridized carbons (Fsp3) is 0.750. The molecule has 1 atom stereocenters. The van der Waals surface area contributed by atoms with Crippen molar-refractivity contribution in [1.82, 2.24) is 0 Å². The van der Waals surface area contributed by atoms with Gasteiger partial charge in [-0.25, -0.2) is 0 Å². The fourth-order valence-electron chi connectivity index (χ4n) is 0.686. The van der Waals surface area contributed by atoms with Crippen LogP contribution in [0.25, 0.3) is 0 Å². The van der Waals surface area contributed by atoms with E-state index in [2.05, 4.69) is 4.74 Å². The van der Waals surface area contributed by atoms with Crippen LogP contribution in [0.2, 0.25) is 0 Å². The van der Waals surface area contributed by atoms with Gasteiger partial charge in [-0.3, -0.25) is 9.59 Å². The van der Waals surface area contributed by atoms with Crippen molar-refractivity contribution in [3.63, 3.8) is 0 Å². The maximum atomic E-state index is 10.9. The second kappa shape index (κ2) is 8.01. The largest absolute Gasteiger partial charge is 0.466 e. The number of carbonyl (C=O) groups is 2. The summed E-state index contributed by atoms with van der Waals surface area (Å²) in [4.78, 5) is 21.7. The number of hydrogen-bond acceptors (Lipinski definition) is 4. The van der Waals surface area contributed by atoms with Gasteiger partial charge < -0.3 is 10.5 Å². The van der Waals surface area contributed by atoms with E-state index in [0.717, 1.165) is 0 Å². The van der Waals surface area contributed by atoms with Crippen LogP contribution in [0.3, 0.4) is 0 Å². The Balaban J connectivity index is 0. The molecule has 0 amide bonds. The Hall–Kier alpha value is -0.610. The minimum absolute atomic E-state index is 0. The van der Waals surface area contributed by atoms with Gasteiger partial charge in [-0.15, -0.1) is 12.4 Å². The van der Waals surface area contributed by atoms with Crippen molar-refractivity contribution >= 4 is 24.2 Å². The maximum absolute atomic E-state index is 10.9. The Morgan fingerprint density at radius 1 is 1.38 bits per heavy atom. The first-order valence-electron chi connectivity index (χ1n) is 4.01. The van der Waals surface area contributed by atoms with Crippen LogP contribution in [-0.4, -0.2) is 24.4 Å². The molecule has 0 radical (unpaired) electrons. The molecular weight excluding hydrogens is 194 g/mol. The Labute approximate surface area is 84.2 Å². The Morgan fingerprint density at radius 2 is 1.92 bits per heavy atom. The van der Waals surface area contributed by atoms with E-state index in [4.69, 9.17) is 5.73 Å². The number of halogens is 1. The van der Waals surface area contributed by atoms with Gasteiger partial charge in [0.05, 0.1) is 19.1 Å². The molecule has 0 aliphatic rings. The Kier molecular flexibility index (Phi) is 9.17. The third kappa shape index (κ3) is 7.74. The summed E-state index contributed by atoms with van der Waals surface area (Å²) in [7, 11) is 0. The molecule has 0 fully saturated rings. The van der Waals surface area contributed by atoms with Crippen molar-refractivity contribution in [1.29, 1.82) is 0 Å². The predicted molar refractivity (Wildman–Crippen MR) is 51.8 cm³/mol. The molecule has 4 nitrogen and oxygen atoms in total. The predicted octanol–water partition coefficient (Wildman–Crippen LogP) is 0.668. The van der Waals surface area contributed by atoms with Crippen molar-refractivity contribution in [3.8, 4) is 0 Å². The van der Waals surface area contributed by atoms with Crippen LogP contribution in [0.1, 0.15) is 26.7 Å². The van der Waals surface area contributed by atoms with Gasteiger partial charge in [0.25, 0.3) is 0 Å². The molecule has 0 aromatic carbocycles. The van der Waals surface area contributed by atoms with Gasteiger partial charge in [0, 0.05) is 6.42 Å². The molecule has 2 N–H and O–H groups in total. The summed E-state index contributed by atoms with van der Waals surface area (Å²) in [6.45, 7) is 3.68. The van der Waals surface area contributed by atoms with Gasteiger partial charge in [0.15, 0.2) is 0 Å². The summed E-state index contributed by atoms with van der Waals surface area (Å²) in [6, 6.07) is -0.487. The maximum Gasteiger partial charge on any atom is 0.306 e. The molecule has 0 saturated carbocycles. The van der Waals surface area contributed by atoms with Crippen LogP contribution in [0.15, 0.2) is 0 Å². The summed E-state index contributed by atoms with van der Waals surface area (Å²) >= 11 is 0. The summed E-state index contributed by atoms with van der Waals surface area (Å²) < 4.78 is 4.64. The summed E-state index contributed by atoms with van der Waals surface area (Å²) in [5.41, 5.74) is 5.29. The summed E-state index contributed by atoms with van der Waals surface area (Å²) in [5, 5.41) is 0. The van der Waals surface area contributed by atoms with E-state index in [-0.39, 0.29) is 37.0 Å². The zero-order chi connectivity index (χ0) is 9.56. The number of Topliss-reactive ketones (excluding diaryl/α,β-unsaturated/α-hetero) is 1. The second-order valence-corrected chi connectivity index (χ2v) is 2.56. The van der Waals surface area contributed by atoms with Crippen LogP contribution in [0.5, 0.6) is 0 Å². The SMILES string of the molecule is CCOC(=O)CCC(=O)[C@H](C)N.Cl. The summed E-state index contributed by atoms with van der Waals surface area (Å²) in [6.07, 6.45) is 0.310. The fourth-order valence-corrected chi connectivity index (χ4v) is 0.686. The lowest BCUT2D eigenvalue weighted by Gasteiger charge is -2.03. The molecule has 5 heteroatoms. The van der Waals surface area contributed by atoms with Crippen LogP contribution in [0.4, 0.5) is 0 Å². The van der Waals surface area contributed by atoms with E-state index < -0.39 is 6.04 Å². The molecule has 0 aromatic rings. The number of rotatable bonds is 5. The van der Waals surface area contributed by atoms with Crippen molar-refractivity contribution in [2.75, 3.05) is 6.61 Å². The first-order chi connectivity index (χ1) is 5.57. The highest BCUT2D eigenvalue weighted by atomic mass is 35.5. The molecule has 0 aromatic heterocycles. The normalized spacial score (nSPS) is 11.3. The zero-order valence-corrected chi connectivity index (χ0v) is 8.73. The number of hydrogen-bond donors (Lipinski definition) is 1. The third-order valence-electron chi connectivity index (χ3n) is 1.39. The van der Waals surface area contributed by atoms with Crippen molar-refractivity contribution < 1.29 is 14.3 Å². The molecule has 13 heavy (non-hydrogen) atoms. The smallest absolute Gasteiger partial charge is 0.306 e. The number of nitrogens with two attached hydrogens (primary N) is 1. The van der Waals surface area contributed by atoms with Crippen LogP contribution in [-0.2, 0) is 14.3 Å². The van der Waals surface area contributed by atoms with E-state index in [1.165, 1.54) is 0 Å². The molecule has 0 spiro atoms. The van der Waals surface area contributed by atoms with Gasteiger partial charge in [-0.05, 0) is 13.8 Å². The molecule has 0 aliphatic heterocycles. The van der Waals surface area contributed by atoms with Crippen LogP contribution in [0, 0.1) is 0 Å². The van der Waals surface area contributed by atoms with Gasteiger partial charge in [-0.1, -0.05) is 0 Å². The van der Waals surface area contributed by atoms with Crippen molar-refractivity contribution in [3.05, 3.63) is 0 Å². The highest BCUT2D eigenvalue weighted by Gasteiger charge is 2.10. The zero-order valence-electron chi connectivity index (χ0n) is 7.91. The average Bonchev–Trinajstić information content (AvgIpc) is 2.00. The molecule has 0 rings (SSSR count). The first kappa shape index (κ1) is 14.9. The standard InChI is InChI=1S/C8H15NO3.ClH/c1-3-12-8(11)5-4-7(10)6(2)9;/h6H,3-5,9H2,1-2H3;1H/t6-;/m0./s1. The van der Waals surface area contributed by atoms with Gasteiger partial charge >= 0.3 is 5.97 Å². The minimum Gasteiger partial charge on any atom is -0.466 e. The van der Waals surface area contributed by atoms with Crippen LogP contribution < -0.4 is 5.73 Å². The highest BCUT2D eigenvalue weighted by Crippen LogP contribution is 1.96. The first-order valence-corrected chi connectivity index (χ1v) is 4.01. The van der Waals surface area contributed by atoms with E-state index in [1.54, 1.807) is 13.8 Å². The molecule has 0 saturated heterocycles. The lowest BCUT2D eigenvalue weighted by molar-refractivity contribution is -0.144. The number of esters is 1. The minimum atomic E-state index is -0.487. The third-order valence-corrected chi connectivity index (χ3v) is 1.39. The number of carbonyl (C=O) groups excluding carboxylic acids is 2. The molecule has 0 aliphatic carbocycles. The van der Waals surface area contributed by atoms with Gasteiger partial charge in [0.1, 0.15) is 5.78 Å². The Bertz CT molecular complexity index is 171. The molecular formula is C8H16ClNO3. The quantitative estimate of drug-likeness (QED) is 0.676. The van der Waals surface area contributed by atoms with E-state index in [0.29, 0.717) is 6.61 Å². The van der Waals surface area contributed by atoms with E-state index in [1.807, 2.05) is 0 Å². The van der Waals surface area contributed by atoms with Crippen molar-refractivity contribution in [2.45, 2.75) is 32.7 Å². The molecule has 0 bridgehead atoms. The lowest BCUT2D eigenvalue weighted by atomic mass is 10.1. The topological polar surface area (TPSA) is 69.4 Å². The van der Waals surface area contributed by atoms with E-state index >= 15 is 0 Å². The summed E-state index contributed by atoms with van der Waals surface area (Å²) in [5.74, 6) is -0.449. The number of ketones is 1.